The highest BCUT2D eigenvalue weighted by Crippen LogP contribution is 2.40. The SMILES string of the molecule is B[C@@H]1[C@@H](C)C(=O)[C@@H](C)C(=O)O[C@H](CCF)[C@@]2(C)OC(=O)N(CCCCn3cc(-c4cccc(N)c4)nn3)[C@@H]2[C@@H](C)NC[C@H](C)C[C@@]1(C)OC. The fourth-order valence-corrected chi connectivity index (χ4v) is 7.58. The normalized spacial score (nSPS) is 33.3. The molecule has 2 saturated heterocycles. The second-order valence-electron chi connectivity index (χ2n) is 14.5. The second kappa shape index (κ2) is 16.0. The van der Waals surface area contributed by atoms with Crippen LogP contribution in [0.25, 0.3) is 11.3 Å². The van der Waals surface area contributed by atoms with Crippen molar-refractivity contribution >= 4 is 31.4 Å². The Bertz CT molecular complexity index is 1460. The van der Waals surface area contributed by atoms with E-state index in [4.69, 9.17) is 19.9 Å². The van der Waals surface area contributed by atoms with Crippen LogP contribution in [0, 0.1) is 17.8 Å². The summed E-state index contributed by atoms with van der Waals surface area (Å²) in [6.07, 6.45) is 2.00. The number of amides is 1. The highest BCUT2D eigenvalue weighted by molar-refractivity contribution is 6.15. The lowest BCUT2D eigenvalue weighted by Gasteiger charge is -2.41. The Hall–Kier alpha value is -3.52. The summed E-state index contributed by atoms with van der Waals surface area (Å²) in [5.41, 5.74) is 6.15. The Balaban J connectivity index is 1.56. The van der Waals surface area contributed by atoms with E-state index in [1.165, 1.54) is 6.92 Å². The average molecular weight is 685 g/mol. The summed E-state index contributed by atoms with van der Waals surface area (Å²) in [6.45, 7) is 11.9. The zero-order valence-corrected chi connectivity index (χ0v) is 30.3. The number of nitrogen functional groups attached to an aromatic ring is 1. The molecule has 2 aliphatic rings. The molecule has 12 nitrogen and oxygen atoms in total. The van der Waals surface area contributed by atoms with Crippen LogP contribution < -0.4 is 11.1 Å². The number of aryl methyl sites for hydroxylation is 1. The zero-order valence-electron chi connectivity index (χ0n) is 30.3. The molecule has 270 valence electrons. The first-order valence-corrected chi connectivity index (χ1v) is 17.5. The largest absolute Gasteiger partial charge is 0.457 e. The lowest BCUT2D eigenvalue weighted by atomic mass is 9.62. The lowest BCUT2D eigenvalue weighted by Crippen LogP contribution is -2.61. The molecule has 4 rings (SSSR count). The number of nitrogens with zero attached hydrogens (tertiary/aromatic N) is 4. The first-order valence-electron chi connectivity index (χ1n) is 17.5. The molecule has 0 spiro atoms. The second-order valence-corrected chi connectivity index (χ2v) is 14.5. The van der Waals surface area contributed by atoms with Crippen LogP contribution in [-0.2, 0) is 30.3 Å². The number of hydrogen-bond acceptors (Lipinski definition) is 10. The van der Waals surface area contributed by atoms with E-state index in [2.05, 4.69) is 22.6 Å². The van der Waals surface area contributed by atoms with Crippen LogP contribution in [0.5, 0.6) is 0 Å². The fraction of sp³-hybridized carbons (Fsp3) is 0.686. The van der Waals surface area contributed by atoms with Crippen molar-refractivity contribution in [3.8, 4) is 11.3 Å². The summed E-state index contributed by atoms with van der Waals surface area (Å²) in [5.74, 6) is -2.68. The molecule has 49 heavy (non-hydrogen) atoms. The minimum absolute atomic E-state index is 0.136. The van der Waals surface area contributed by atoms with Gasteiger partial charge in [-0.05, 0) is 77.4 Å². The number of aromatic nitrogens is 3. The molecule has 2 fully saturated rings. The van der Waals surface area contributed by atoms with Gasteiger partial charge in [-0.15, -0.1) is 5.10 Å². The molecule has 3 heterocycles. The maximum Gasteiger partial charge on any atom is 0.410 e. The summed E-state index contributed by atoms with van der Waals surface area (Å²) in [5, 5.41) is 12.1. The van der Waals surface area contributed by atoms with Crippen LogP contribution in [-0.4, -0.2) is 102 Å². The number of cyclic esters (lactones) is 1. The number of nitrogens with one attached hydrogen (secondary N) is 1. The third-order valence-electron chi connectivity index (χ3n) is 10.9. The molecule has 1 amide bonds. The van der Waals surface area contributed by atoms with E-state index in [9.17, 15) is 18.8 Å². The van der Waals surface area contributed by atoms with Crippen molar-refractivity contribution in [2.24, 2.45) is 17.8 Å². The number of benzene rings is 1. The van der Waals surface area contributed by atoms with Gasteiger partial charge in [-0.3, -0.25) is 23.6 Å². The van der Waals surface area contributed by atoms with Crippen LogP contribution >= 0.6 is 0 Å². The van der Waals surface area contributed by atoms with Crippen molar-refractivity contribution < 1.29 is 33.0 Å². The van der Waals surface area contributed by atoms with E-state index in [0.29, 0.717) is 44.6 Å². The zero-order chi connectivity index (χ0) is 36.1. The predicted molar refractivity (Wildman–Crippen MR) is 187 cm³/mol. The van der Waals surface area contributed by atoms with E-state index in [1.54, 1.807) is 23.6 Å². The molecular formula is C35H54BFN6O6. The van der Waals surface area contributed by atoms with E-state index in [-0.39, 0.29) is 30.0 Å². The number of esters is 1. The Kier molecular flexibility index (Phi) is 12.5. The number of ketones is 1. The van der Waals surface area contributed by atoms with Crippen LogP contribution in [0.4, 0.5) is 14.9 Å². The number of Topliss-reactive ketones (excluding diaryl/α,β-unsaturated/α-hetero) is 1. The maximum atomic E-state index is 14.1. The van der Waals surface area contributed by atoms with Gasteiger partial charge in [0.1, 0.15) is 31.3 Å². The topological polar surface area (TPSA) is 151 Å². The summed E-state index contributed by atoms with van der Waals surface area (Å²) in [7, 11) is 3.62. The van der Waals surface area contributed by atoms with Crippen molar-refractivity contribution in [1.82, 2.24) is 25.2 Å². The van der Waals surface area contributed by atoms with Crippen molar-refractivity contribution in [1.29, 1.82) is 0 Å². The van der Waals surface area contributed by atoms with Gasteiger partial charge in [0, 0.05) is 49.8 Å². The van der Waals surface area contributed by atoms with Gasteiger partial charge >= 0.3 is 12.1 Å². The van der Waals surface area contributed by atoms with Crippen molar-refractivity contribution in [3.05, 3.63) is 30.5 Å². The average Bonchev–Trinajstić information content (AvgIpc) is 3.65. The number of anilines is 1. The third kappa shape index (κ3) is 8.45. The summed E-state index contributed by atoms with van der Waals surface area (Å²) in [6, 6.07) is 6.54. The Morgan fingerprint density at radius 3 is 2.53 bits per heavy atom. The number of carbonyl (C=O) groups excluding carboxylic acids is 3. The number of hydrogen-bond donors (Lipinski definition) is 2. The Labute approximate surface area is 290 Å². The summed E-state index contributed by atoms with van der Waals surface area (Å²) < 4.78 is 33.9. The summed E-state index contributed by atoms with van der Waals surface area (Å²) >= 11 is 0. The first kappa shape index (κ1) is 38.3. The van der Waals surface area contributed by atoms with Gasteiger partial charge in [0.2, 0.25) is 0 Å². The van der Waals surface area contributed by atoms with Crippen molar-refractivity contribution in [2.45, 2.75) is 109 Å². The number of carbonyl (C=O) groups is 3. The molecule has 0 unspecified atom stereocenters. The minimum atomic E-state index is -1.38. The molecule has 0 bridgehead atoms. The smallest absolute Gasteiger partial charge is 0.410 e. The molecule has 0 radical (unpaired) electrons. The number of halogens is 1. The number of unbranched alkanes of at least 4 members (excludes halogenated alkanes) is 1. The number of rotatable bonds is 9. The highest BCUT2D eigenvalue weighted by atomic mass is 19.1. The third-order valence-corrected chi connectivity index (χ3v) is 10.9. The number of alkyl halides is 1. The van der Waals surface area contributed by atoms with Gasteiger partial charge in [-0.25, -0.2) is 4.79 Å². The molecule has 0 saturated carbocycles. The molecule has 1 aromatic heterocycles. The molecule has 3 N–H and O–H groups in total. The van der Waals surface area contributed by atoms with Crippen molar-refractivity contribution in [3.63, 3.8) is 0 Å². The molecule has 9 atom stereocenters. The Morgan fingerprint density at radius 1 is 1.14 bits per heavy atom. The van der Waals surface area contributed by atoms with Gasteiger partial charge < -0.3 is 25.3 Å². The van der Waals surface area contributed by atoms with Gasteiger partial charge in [0.15, 0.2) is 5.60 Å². The summed E-state index contributed by atoms with van der Waals surface area (Å²) in [4.78, 5) is 42.4. The standard InChI is InChI=1S/C35H54BFN6O6/c1-21-18-34(5,47-7)30(36)22(2)29(44)23(3)32(45)48-28(13-14-37)35(6)31(24(4)39-19-21)43(33(46)49-35)16-9-8-15-42-20-27(40-41-42)25-11-10-12-26(38)17-25/h10-12,17,20-24,28,30-31,39H,8-9,13-16,18-19,36,38H2,1-7H3/t21-,22+,23-,24-,28-,30-,31-,34-,35-/m1/s1. The number of nitrogens with two attached hydrogens (primary N) is 1. The number of fused-ring (bicyclic) bond motifs is 1. The van der Waals surface area contributed by atoms with Crippen LogP contribution in [0.1, 0.15) is 67.2 Å². The molecule has 2 aliphatic heterocycles. The highest BCUT2D eigenvalue weighted by Gasteiger charge is 2.58. The van der Waals surface area contributed by atoms with E-state index < -0.39 is 53.9 Å². The first-order chi connectivity index (χ1) is 23.1. The van der Waals surface area contributed by atoms with Gasteiger partial charge in [-0.2, -0.15) is 0 Å². The monoisotopic (exact) mass is 684 g/mol. The molecule has 1 aromatic carbocycles. The van der Waals surface area contributed by atoms with Crippen LogP contribution in [0.3, 0.4) is 0 Å². The molecule has 14 heteroatoms. The van der Waals surface area contributed by atoms with Crippen molar-refractivity contribution in [2.75, 3.05) is 32.6 Å². The van der Waals surface area contributed by atoms with E-state index in [1.807, 2.05) is 59.1 Å². The predicted octanol–water partition coefficient (Wildman–Crippen LogP) is 3.84. The Morgan fingerprint density at radius 2 is 1.86 bits per heavy atom. The number of ether oxygens (including phenoxy) is 3. The molecular weight excluding hydrogens is 630 g/mol. The van der Waals surface area contributed by atoms with Gasteiger partial charge in [0.25, 0.3) is 0 Å². The molecule has 2 aromatic rings. The van der Waals surface area contributed by atoms with Crippen LogP contribution in [0.15, 0.2) is 30.5 Å². The maximum absolute atomic E-state index is 14.1. The quantitative estimate of drug-likeness (QED) is 0.131. The van der Waals surface area contributed by atoms with E-state index in [0.717, 1.165) is 11.3 Å². The fourth-order valence-electron chi connectivity index (χ4n) is 7.58. The lowest BCUT2D eigenvalue weighted by molar-refractivity contribution is -0.171. The van der Waals surface area contributed by atoms with Gasteiger partial charge in [-0.1, -0.05) is 31.2 Å². The number of methoxy groups -OCH3 is 1. The minimum Gasteiger partial charge on any atom is -0.457 e. The van der Waals surface area contributed by atoms with Gasteiger partial charge in [0.05, 0.1) is 24.5 Å². The van der Waals surface area contributed by atoms with Crippen LogP contribution in [0.2, 0.25) is 5.82 Å². The molecule has 0 aliphatic carbocycles. The van der Waals surface area contributed by atoms with E-state index >= 15 is 0 Å².